The molecular formula is C18H20N2O4. The molecule has 6 nitrogen and oxygen atoms in total. The van der Waals surface area contributed by atoms with E-state index in [2.05, 4.69) is 19.2 Å². The zero-order valence-electron chi connectivity index (χ0n) is 13.9. The number of ether oxygens (including phenoxy) is 1. The lowest BCUT2D eigenvalue weighted by Gasteiger charge is -2.10. The minimum atomic E-state index is -0.468. The van der Waals surface area contributed by atoms with Crippen LogP contribution in [0.25, 0.3) is 0 Å². The van der Waals surface area contributed by atoms with Crippen LogP contribution in [0.3, 0.4) is 0 Å². The molecule has 1 N–H and O–H groups in total. The normalized spacial score (nSPS) is 10.5. The first-order chi connectivity index (χ1) is 11.4. The minimum absolute atomic E-state index is 0.00505. The van der Waals surface area contributed by atoms with Crippen molar-refractivity contribution in [1.82, 2.24) is 0 Å². The molecule has 0 saturated heterocycles. The Morgan fingerprint density at radius 2 is 1.88 bits per heavy atom. The van der Waals surface area contributed by atoms with Gasteiger partial charge in [-0.15, -0.1) is 0 Å². The summed E-state index contributed by atoms with van der Waals surface area (Å²) in [5, 5.41) is 13.5. The standard InChI is InChI=1S/C18H20N2O4/c1-12(2)14-4-6-15(7-5-14)19-18(21)11-24-17-9-8-16(20(22)23)10-13(17)3/h4-10,12H,11H2,1-3H3,(H,19,21). The molecule has 126 valence electrons. The van der Waals surface area contributed by atoms with Crippen molar-refractivity contribution in [2.45, 2.75) is 26.7 Å². The van der Waals surface area contributed by atoms with Crippen LogP contribution in [0.5, 0.6) is 5.75 Å². The molecule has 0 spiro atoms. The molecule has 0 aliphatic heterocycles. The Labute approximate surface area is 140 Å². The number of carbonyl (C=O) groups is 1. The summed E-state index contributed by atoms with van der Waals surface area (Å²) in [6, 6.07) is 11.9. The zero-order chi connectivity index (χ0) is 17.7. The number of nitro groups is 1. The number of amides is 1. The Morgan fingerprint density at radius 1 is 1.21 bits per heavy atom. The van der Waals surface area contributed by atoms with Gasteiger partial charge in [-0.2, -0.15) is 0 Å². The van der Waals surface area contributed by atoms with E-state index in [1.165, 1.54) is 23.8 Å². The fourth-order valence-electron chi connectivity index (χ4n) is 2.20. The summed E-state index contributed by atoms with van der Waals surface area (Å²) >= 11 is 0. The molecule has 0 radical (unpaired) electrons. The number of hydrogen-bond donors (Lipinski definition) is 1. The summed E-state index contributed by atoms with van der Waals surface area (Å²) in [7, 11) is 0. The summed E-state index contributed by atoms with van der Waals surface area (Å²) in [5.74, 6) is 0.596. The van der Waals surface area contributed by atoms with Crippen LogP contribution in [0.1, 0.15) is 30.9 Å². The molecule has 0 unspecified atom stereocenters. The van der Waals surface area contributed by atoms with E-state index >= 15 is 0 Å². The van der Waals surface area contributed by atoms with E-state index in [-0.39, 0.29) is 18.2 Å². The van der Waals surface area contributed by atoms with Crippen molar-refractivity contribution in [3.63, 3.8) is 0 Å². The first-order valence-corrected chi connectivity index (χ1v) is 7.64. The second-order valence-electron chi connectivity index (χ2n) is 5.82. The highest BCUT2D eigenvalue weighted by atomic mass is 16.6. The number of benzene rings is 2. The molecule has 0 aliphatic rings. The summed E-state index contributed by atoms with van der Waals surface area (Å²) in [5.41, 5.74) is 2.51. The predicted molar refractivity (Wildman–Crippen MR) is 92.5 cm³/mol. The summed E-state index contributed by atoms with van der Waals surface area (Å²) in [6.45, 7) is 5.75. The zero-order valence-corrected chi connectivity index (χ0v) is 13.9. The molecule has 0 atom stereocenters. The third-order valence-corrected chi connectivity index (χ3v) is 3.59. The van der Waals surface area contributed by atoms with Crippen molar-refractivity contribution in [1.29, 1.82) is 0 Å². The van der Waals surface area contributed by atoms with Crippen LogP contribution in [0.15, 0.2) is 42.5 Å². The lowest BCUT2D eigenvalue weighted by atomic mass is 10.0. The van der Waals surface area contributed by atoms with Gasteiger partial charge in [0.15, 0.2) is 6.61 Å². The minimum Gasteiger partial charge on any atom is -0.483 e. The van der Waals surface area contributed by atoms with E-state index in [9.17, 15) is 14.9 Å². The van der Waals surface area contributed by atoms with Crippen molar-refractivity contribution in [3.8, 4) is 5.75 Å². The lowest BCUT2D eigenvalue weighted by molar-refractivity contribution is -0.384. The van der Waals surface area contributed by atoms with Crippen molar-refractivity contribution in [2.75, 3.05) is 11.9 Å². The van der Waals surface area contributed by atoms with Gasteiger partial charge in [0.1, 0.15) is 5.75 Å². The molecule has 24 heavy (non-hydrogen) atoms. The van der Waals surface area contributed by atoms with Gasteiger partial charge >= 0.3 is 0 Å². The predicted octanol–water partition coefficient (Wildman–Crippen LogP) is 4.04. The van der Waals surface area contributed by atoms with Gasteiger partial charge in [0.2, 0.25) is 0 Å². The quantitative estimate of drug-likeness (QED) is 0.641. The molecule has 0 heterocycles. The number of anilines is 1. The first kappa shape index (κ1) is 17.5. The molecule has 0 aromatic heterocycles. The van der Waals surface area contributed by atoms with Gasteiger partial charge in [-0.25, -0.2) is 0 Å². The highest BCUT2D eigenvalue weighted by Gasteiger charge is 2.10. The Kier molecular flexibility index (Phi) is 5.52. The fraction of sp³-hybridized carbons (Fsp3) is 0.278. The molecule has 0 aliphatic carbocycles. The number of nitrogens with one attached hydrogen (secondary N) is 1. The van der Waals surface area contributed by atoms with Gasteiger partial charge < -0.3 is 10.1 Å². The fourth-order valence-corrected chi connectivity index (χ4v) is 2.20. The Balaban J connectivity index is 1.92. The number of nitrogens with zero attached hydrogens (tertiary/aromatic N) is 1. The molecule has 2 aromatic carbocycles. The molecular weight excluding hydrogens is 308 g/mol. The largest absolute Gasteiger partial charge is 0.483 e. The van der Waals surface area contributed by atoms with Gasteiger partial charge in [-0.1, -0.05) is 26.0 Å². The molecule has 1 amide bonds. The highest BCUT2D eigenvalue weighted by molar-refractivity contribution is 5.91. The van der Waals surface area contributed by atoms with Gasteiger partial charge in [0.25, 0.3) is 11.6 Å². The van der Waals surface area contributed by atoms with Crippen molar-refractivity contribution < 1.29 is 14.5 Å². The summed E-state index contributed by atoms with van der Waals surface area (Å²) < 4.78 is 5.43. The van der Waals surface area contributed by atoms with E-state index in [0.717, 1.165) is 0 Å². The van der Waals surface area contributed by atoms with Crippen LogP contribution in [0.4, 0.5) is 11.4 Å². The maximum absolute atomic E-state index is 11.9. The van der Waals surface area contributed by atoms with Crippen LogP contribution >= 0.6 is 0 Å². The van der Waals surface area contributed by atoms with Crippen LogP contribution in [-0.4, -0.2) is 17.4 Å². The van der Waals surface area contributed by atoms with Gasteiger partial charge in [-0.3, -0.25) is 14.9 Å². The number of carbonyl (C=O) groups excluding carboxylic acids is 1. The average Bonchev–Trinajstić information content (AvgIpc) is 2.54. The Morgan fingerprint density at radius 3 is 2.42 bits per heavy atom. The molecule has 0 fully saturated rings. The van der Waals surface area contributed by atoms with Crippen LogP contribution < -0.4 is 10.1 Å². The Bertz CT molecular complexity index is 739. The average molecular weight is 328 g/mol. The van der Waals surface area contributed by atoms with E-state index in [0.29, 0.717) is 22.9 Å². The highest BCUT2D eigenvalue weighted by Crippen LogP contribution is 2.23. The first-order valence-electron chi connectivity index (χ1n) is 7.64. The SMILES string of the molecule is Cc1cc([N+](=O)[O-])ccc1OCC(=O)Nc1ccc(C(C)C)cc1. The maximum atomic E-state index is 11.9. The topological polar surface area (TPSA) is 81.5 Å². The number of non-ortho nitro benzene ring substituents is 1. The third kappa shape index (κ3) is 4.55. The van der Waals surface area contributed by atoms with Gasteiger partial charge in [0.05, 0.1) is 4.92 Å². The monoisotopic (exact) mass is 328 g/mol. The molecule has 2 aromatic rings. The van der Waals surface area contributed by atoms with E-state index in [4.69, 9.17) is 4.74 Å². The molecule has 0 bridgehead atoms. The van der Waals surface area contributed by atoms with E-state index < -0.39 is 4.92 Å². The number of aryl methyl sites for hydroxylation is 1. The smallest absolute Gasteiger partial charge is 0.269 e. The summed E-state index contributed by atoms with van der Waals surface area (Å²) in [4.78, 5) is 22.2. The van der Waals surface area contributed by atoms with Crippen LogP contribution in [-0.2, 0) is 4.79 Å². The summed E-state index contributed by atoms with van der Waals surface area (Å²) in [6.07, 6.45) is 0. The van der Waals surface area contributed by atoms with Crippen molar-refractivity contribution in [2.24, 2.45) is 0 Å². The van der Waals surface area contributed by atoms with Crippen molar-refractivity contribution in [3.05, 3.63) is 63.7 Å². The van der Waals surface area contributed by atoms with E-state index in [1.807, 2.05) is 24.3 Å². The molecule has 0 saturated carbocycles. The van der Waals surface area contributed by atoms with Crippen LogP contribution in [0, 0.1) is 17.0 Å². The maximum Gasteiger partial charge on any atom is 0.269 e. The van der Waals surface area contributed by atoms with E-state index in [1.54, 1.807) is 6.92 Å². The van der Waals surface area contributed by atoms with Gasteiger partial charge in [0, 0.05) is 17.8 Å². The number of nitro benzene ring substituents is 1. The number of rotatable bonds is 6. The lowest BCUT2D eigenvalue weighted by Crippen LogP contribution is -2.20. The van der Waals surface area contributed by atoms with Crippen LogP contribution in [0.2, 0.25) is 0 Å². The number of hydrogen-bond acceptors (Lipinski definition) is 4. The third-order valence-electron chi connectivity index (χ3n) is 3.59. The molecule has 2 rings (SSSR count). The molecule has 6 heteroatoms. The second-order valence-corrected chi connectivity index (χ2v) is 5.82. The van der Waals surface area contributed by atoms with Crippen molar-refractivity contribution >= 4 is 17.3 Å². The van der Waals surface area contributed by atoms with Gasteiger partial charge in [-0.05, 0) is 42.2 Å². The Hall–Kier alpha value is -2.89. The second kappa shape index (κ2) is 7.59.